The van der Waals surface area contributed by atoms with Gasteiger partial charge >= 0.3 is 0 Å². The van der Waals surface area contributed by atoms with Gasteiger partial charge in [0.25, 0.3) is 0 Å². The maximum absolute atomic E-state index is 12.3. The van der Waals surface area contributed by atoms with Crippen LogP contribution in [0.3, 0.4) is 0 Å². The van der Waals surface area contributed by atoms with Gasteiger partial charge in [0.05, 0.1) is 5.75 Å². The summed E-state index contributed by atoms with van der Waals surface area (Å²) in [4.78, 5) is 25.8. The van der Waals surface area contributed by atoms with Crippen molar-refractivity contribution < 1.29 is 9.59 Å². The fraction of sp³-hybridized carbons (Fsp3) is 0.444. The normalized spacial score (nSPS) is 13.7. The molecule has 1 aromatic heterocycles. The zero-order valence-corrected chi connectivity index (χ0v) is 16.7. The third-order valence-corrected chi connectivity index (χ3v) is 6.09. The van der Waals surface area contributed by atoms with Gasteiger partial charge in [0.2, 0.25) is 16.9 Å². The quantitative estimate of drug-likeness (QED) is 0.573. The number of thioether (sulfide) groups is 1. The summed E-state index contributed by atoms with van der Waals surface area (Å²) in [7, 11) is 0. The number of rotatable bonds is 7. The predicted octanol–water partition coefficient (Wildman–Crippen LogP) is 3.91. The van der Waals surface area contributed by atoms with Crippen molar-refractivity contribution in [2.45, 2.75) is 49.9 Å². The molecule has 26 heavy (non-hydrogen) atoms. The van der Waals surface area contributed by atoms with E-state index in [1.54, 1.807) is 11.8 Å². The molecule has 1 saturated carbocycles. The van der Waals surface area contributed by atoms with Crippen molar-refractivity contribution in [2.75, 3.05) is 16.0 Å². The zero-order valence-electron chi connectivity index (χ0n) is 15.1. The van der Waals surface area contributed by atoms with Gasteiger partial charge in [-0.3, -0.25) is 14.5 Å². The Labute approximate surface area is 161 Å². The maximum atomic E-state index is 12.3. The van der Waals surface area contributed by atoms with Crippen LogP contribution in [-0.2, 0) is 9.59 Å². The average Bonchev–Trinajstić information content (AvgIpc) is 3.30. The number of hydrogen-bond donors (Lipinski definition) is 1. The van der Waals surface area contributed by atoms with E-state index in [-0.39, 0.29) is 23.6 Å². The molecule has 1 N–H and O–H groups in total. The molecule has 8 heteroatoms. The highest BCUT2D eigenvalue weighted by molar-refractivity contribution is 8.01. The minimum Gasteiger partial charge on any atom is -0.325 e. The predicted molar refractivity (Wildman–Crippen MR) is 106 cm³/mol. The van der Waals surface area contributed by atoms with Gasteiger partial charge in [0.15, 0.2) is 4.34 Å². The highest BCUT2D eigenvalue weighted by Crippen LogP contribution is 2.35. The first-order chi connectivity index (χ1) is 12.5. The number of benzene rings is 1. The molecule has 1 aliphatic rings. The molecule has 2 amide bonds. The number of carbonyl (C=O) groups excluding carboxylic acids is 2. The Hall–Kier alpha value is -1.93. The Balaban J connectivity index is 1.58. The second kappa shape index (κ2) is 8.18. The number of amides is 2. The summed E-state index contributed by atoms with van der Waals surface area (Å²) in [6.45, 7) is 5.75. The van der Waals surface area contributed by atoms with Crippen LogP contribution >= 0.6 is 23.1 Å². The van der Waals surface area contributed by atoms with Crippen molar-refractivity contribution in [2.24, 2.45) is 0 Å². The van der Waals surface area contributed by atoms with E-state index in [1.165, 1.54) is 23.1 Å². The third-order valence-electron chi connectivity index (χ3n) is 4.04. The van der Waals surface area contributed by atoms with Crippen LogP contribution < -0.4 is 10.2 Å². The minimum absolute atomic E-state index is 0.0109. The van der Waals surface area contributed by atoms with Gasteiger partial charge in [-0.2, -0.15) is 0 Å². The smallest absolute Gasteiger partial charge is 0.234 e. The van der Waals surface area contributed by atoms with Crippen LogP contribution in [-0.4, -0.2) is 33.8 Å². The molecule has 1 heterocycles. The average molecular weight is 391 g/mol. The Morgan fingerprint density at radius 2 is 2.04 bits per heavy atom. The van der Waals surface area contributed by atoms with Crippen LogP contribution in [0.5, 0.6) is 0 Å². The molecular weight excluding hydrogens is 368 g/mol. The van der Waals surface area contributed by atoms with Gasteiger partial charge in [0.1, 0.15) is 0 Å². The lowest BCUT2D eigenvalue weighted by atomic mass is 10.0. The van der Waals surface area contributed by atoms with E-state index in [4.69, 9.17) is 0 Å². The van der Waals surface area contributed by atoms with Crippen LogP contribution in [0, 0.1) is 0 Å². The Kier molecular flexibility index (Phi) is 5.93. The molecule has 0 aliphatic heterocycles. The van der Waals surface area contributed by atoms with Gasteiger partial charge in [0, 0.05) is 18.7 Å². The van der Waals surface area contributed by atoms with Crippen LogP contribution in [0.15, 0.2) is 28.6 Å². The number of para-hydroxylation sites is 1. The lowest BCUT2D eigenvalue weighted by Crippen LogP contribution is -2.30. The Bertz CT molecular complexity index is 802. The molecule has 6 nitrogen and oxygen atoms in total. The summed E-state index contributed by atoms with van der Waals surface area (Å²) in [6.07, 6.45) is 2.03. The highest BCUT2D eigenvalue weighted by Gasteiger charge is 2.34. The number of aromatic nitrogens is 2. The lowest BCUT2D eigenvalue weighted by molar-refractivity contribution is -0.116. The minimum atomic E-state index is -0.0783. The van der Waals surface area contributed by atoms with Crippen molar-refractivity contribution >= 4 is 45.7 Å². The van der Waals surface area contributed by atoms with Gasteiger partial charge in [-0.1, -0.05) is 55.1 Å². The van der Waals surface area contributed by atoms with Gasteiger partial charge in [-0.25, -0.2) is 0 Å². The topological polar surface area (TPSA) is 75.2 Å². The van der Waals surface area contributed by atoms with E-state index in [9.17, 15) is 9.59 Å². The Morgan fingerprint density at radius 3 is 2.69 bits per heavy atom. The maximum Gasteiger partial charge on any atom is 0.234 e. The fourth-order valence-electron chi connectivity index (χ4n) is 2.67. The molecule has 2 aromatic rings. The summed E-state index contributed by atoms with van der Waals surface area (Å²) >= 11 is 2.70. The monoisotopic (exact) mass is 390 g/mol. The van der Waals surface area contributed by atoms with Crippen molar-refractivity contribution in [3.63, 3.8) is 0 Å². The molecule has 0 unspecified atom stereocenters. The van der Waals surface area contributed by atoms with Crippen molar-refractivity contribution in [3.8, 4) is 0 Å². The molecule has 1 aliphatic carbocycles. The van der Waals surface area contributed by atoms with Crippen LogP contribution in [0.25, 0.3) is 0 Å². The van der Waals surface area contributed by atoms with E-state index in [1.807, 2.05) is 24.3 Å². The molecule has 138 valence electrons. The first-order valence-corrected chi connectivity index (χ1v) is 10.4. The number of nitrogens with zero attached hydrogens (tertiary/aromatic N) is 3. The molecule has 0 atom stereocenters. The second-order valence-corrected chi connectivity index (χ2v) is 8.73. The highest BCUT2D eigenvalue weighted by atomic mass is 32.2. The first kappa shape index (κ1) is 18.8. The van der Waals surface area contributed by atoms with Crippen molar-refractivity contribution in [3.05, 3.63) is 29.8 Å². The molecule has 0 saturated heterocycles. The fourth-order valence-corrected chi connectivity index (χ4v) is 4.42. The summed E-state index contributed by atoms with van der Waals surface area (Å²) < 4.78 is 0.694. The number of nitrogens with one attached hydrogen (secondary N) is 1. The van der Waals surface area contributed by atoms with Crippen molar-refractivity contribution in [1.82, 2.24) is 10.2 Å². The molecule has 0 radical (unpaired) electrons. The molecule has 1 fully saturated rings. The summed E-state index contributed by atoms with van der Waals surface area (Å²) in [6, 6.07) is 8.09. The van der Waals surface area contributed by atoms with E-state index in [2.05, 4.69) is 29.4 Å². The number of carbonyl (C=O) groups is 2. The van der Waals surface area contributed by atoms with Crippen LogP contribution in [0.2, 0.25) is 0 Å². The zero-order chi connectivity index (χ0) is 18.7. The van der Waals surface area contributed by atoms with Crippen LogP contribution in [0.4, 0.5) is 10.8 Å². The van der Waals surface area contributed by atoms with Crippen molar-refractivity contribution in [1.29, 1.82) is 0 Å². The Morgan fingerprint density at radius 1 is 1.31 bits per heavy atom. The first-order valence-electron chi connectivity index (χ1n) is 8.60. The largest absolute Gasteiger partial charge is 0.325 e. The van der Waals surface area contributed by atoms with Crippen LogP contribution in [0.1, 0.15) is 45.1 Å². The number of hydrogen-bond acceptors (Lipinski definition) is 6. The molecule has 0 bridgehead atoms. The molecular formula is C18H22N4O2S2. The number of anilines is 2. The van der Waals surface area contributed by atoms with Gasteiger partial charge in [-0.15, -0.1) is 10.2 Å². The lowest BCUT2D eigenvalue weighted by Gasteiger charge is -2.15. The standard InChI is InChI=1S/C18H22N4O2S2/c1-11(2)14-6-4-5-7-15(14)19-16(24)10-25-18-21-20-17(26-18)22(12(3)23)13-8-9-13/h4-7,11,13H,8-10H2,1-3H3,(H,19,24). The molecule has 1 aromatic carbocycles. The second-order valence-electron chi connectivity index (χ2n) is 6.55. The molecule has 3 rings (SSSR count). The van der Waals surface area contributed by atoms with E-state index in [0.29, 0.717) is 15.4 Å². The van der Waals surface area contributed by atoms with Gasteiger partial charge in [-0.05, 0) is 30.4 Å². The summed E-state index contributed by atoms with van der Waals surface area (Å²) in [5.74, 6) is 0.503. The van der Waals surface area contributed by atoms with E-state index >= 15 is 0 Å². The third kappa shape index (κ3) is 4.62. The van der Waals surface area contributed by atoms with E-state index in [0.717, 1.165) is 24.1 Å². The molecule has 0 spiro atoms. The summed E-state index contributed by atoms with van der Waals surface area (Å²) in [5, 5.41) is 11.8. The van der Waals surface area contributed by atoms with E-state index < -0.39 is 0 Å². The SMILES string of the molecule is CC(=O)N(c1nnc(SCC(=O)Nc2ccccc2C(C)C)s1)C1CC1. The van der Waals surface area contributed by atoms with Gasteiger partial charge < -0.3 is 5.32 Å². The summed E-state index contributed by atoms with van der Waals surface area (Å²) in [5.41, 5.74) is 1.97.